The van der Waals surface area contributed by atoms with Gasteiger partial charge in [0.1, 0.15) is 37.9 Å². The fourth-order valence-electron chi connectivity index (χ4n) is 7.66. The van der Waals surface area contributed by atoms with Gasteiger partial charge in [-0.25, -0.2) is 9.59 Å². The van der Waals surface area contributed by atoms with E-state index in [1.807, 2.05) is 24.3 Å². The molecular formula is C44H54O7. The van der Waals surface area contributed by atoms with Gasteiger partial charge in [-0.1, -0.05) is 81.8 Å². The zero-order chi connectivity index (χ0) is 36.2. The van der Waals surface area contributed by atoms with Crippen molar-refractivity contribution in [2.45, 2.75) is 77.6 Å². The van der Waals surface area contributed by atoms with Crippen LogP contribution in [-0.4, -0.2) is 50.1 Å². The number of ether oxygens (including phenoxy) is 4. The van der Waals surface area contributed by atoms with Gasteiger partial charge < -0.3 is 24.1 Å². The third-order valence-electron chi connectivity index (χ3n) is 10.8. The molecule has 0 unspecified atom stereocenters. The largest absolute Gasteiger partial charge is 0.490 e. The van der Waals surface area contributed by atoms with Gasteiger partial charge >= 0.3 is 11.9 Å². The van der Waals surface area contributed by atoms with E-state index in [0.717, 1.165) is 34.6 Å². The first-order chi connectivity index (χ1) is 24.7. The van der Waals surface area contributed by atoms with Crippen molar-refractivity contribution in [2.75, 3.05) is 33.0 Å². The zero-order valence-corrected chi connectivity index (χ0v) is 30.4. The Balaban J connectivity index is 1.28. The van der Waals surface area contributed by atoms with Gasteiger partial charge in [0, 0.05) is 5.57 Å². The Kier molecular flexibility index (Phi) is 13.9. The van der Waals surface area contributed by atoms with Crippen LogP contribution in [0.15, 0.2) is 91.0 Å². The Hall–Kier alpha value is -4.36. The Bertz CT molecular complexity index is 1610. The summed E-state index contributed by atoms with van der Waals surface area (Å²) in [5, 5.41) is 9.02. The second-order valence-electron chi connectivity index (χ2n) is 14.2. The molecule has 2 aliphatic rings. The van der Waals surface area contributed by atoms with Gasteiger partial charge in [-0.3, -0.25) is 0 Å². The van der Waals surface area contributed by atoms with E-state index in [9.17, 15) is 9.59 Å². The number of esters is 2. The number of rotatable bonds is 16. The average molecular weight is 695 g/mol. The fourth-order valence-corrected chi connectivity index (χ4v) is 7.66. The van der Waals surface area contributed by atoms with Gasteiger partial charge in [-0.15, -0.1) is 0 Å². The predicted octanol–water partition coefficient (Wildman–Crippen LogP) is 9.48. The van der Waals surface area contributed by atoms with Crippen molar-refractivity contribution in [3.8, 4) is 33.8 Å². The highest BCUT2D eigenvalue weighted by molar-refractivity contribution is 5.88. The molecule has 7 nitrogen and oxygen atoms in total. The first kappa shape index (κ1) is 37.9. The number of carbonyl (C=O) groups excluding carboxylic acids is 2. The Morgan fingerprint density at radius 2 is 1.18 bits per heavy atom. The van der Waals surface area contributed by atoms with E-state index in [0.29, 0.717) is 17.2 Å². The number of hydrogen-bond acceptors (Lipinski definition) is 7. The highest BCUT2D eigenvalue weighted by Crippen LogP contribution is 2.46. The number of aliphatic hydroxyl groups excluding tert-OH is 1. The van der Waals surface area contributed by atoms with Gasteiger partial charge in [-0.2, -0.15) is 0 Å². The summed E-state index contributed by atoms with van der Waals surface area (Å²) >= 11 is 0. The van der Waals surface area contributed by atoms with E-state index in [2.05, 4.69) is 62.5 Å². The van der Waals surface area contributed by atoms with Gasteiger partial charge in [0.2, 0.25) is 0 Å². The smallest absolute Gasteiger partial charge is 0.335 e. The number of hydrogen-bond donors (Lipinski definition) is 1. The Labute approximate surface area is 303 Å². The van der Waals surface area contributed by atoms with Crippen molar-refractivity contribution in [1.29, 1.82) is 0 Å². The lowest BCUT2D eigenvalue weighted by molar-refractivity contribution is -0.140. The van der Waals surface area contributed by atoms with Gasteiger partial charge in [-0.05, 0) is 121 Å². The Morgan fingerprint density at radius 1 is 0.667 bits per heavy atom. The molecule has 3 aromatic carbocycles. The molecule has 0 bridgehead atoms. The van der Waals surface area contributed by atoms with Crippen LogP contribution in [0.4, 0.5) is 0 Å². The minimum absolute atomic E-state index is 0.0221. The van der Waals surface area contributed by atoms with Crippen LogP contribution in [0.3, 0.4) is 0 Å². The lowest BCUT2D eigenvalue weighted by atomic mass is 9.67. The molecule has 0 aliphatic heterocycles. The van der Waals surface area contributed by atoms with Crippen LogP contribution in [0.2, 0.25) is 0 Å². The van der Waals surface area contributed by atoms with E-state index >= 15 is 0 Å². The van der Waals surface area contributed by atoms with Crippen molar-refractivity contribution in [3.63, 3.8) is 0 Å². The SMILES string of the molecule is C=C(C)C(=O)OCCOc1ccc(-c2ccc(-c3ccc(OCCOC(=O)C(=C)CO)cc3)cc2C2CCC(C3CCC(CC)CC3)CC2)cc1. The van der Waals surface area contributed by atoms with Crippen molar-refractivity contribution >= 4 is 11.9 Å². The second-order valence-corrected chi connectivity index (χ2v) is 14.2. The van der Waals surface area contributed by atoms with Crippen LogP contribution in [0.5, 0.6) is 11.5 Å². The molecule has 2 aliphatic carbocycles. The fraction of sp³-hybridized carbons (Fsp3) is 0.455. The van der Waals surface area contributed by atoms with Crippen LogP contribution in [0.25, 0.3) is 22.3 Å². The quantitative estimate of drug-likeness (QED) is 0.0908. The molecule has 0 amide bonds. The van der Waals surface area contributed by atoms with Gasteiger partial charge in [0.25, 0.3) is 0 Å². The maximum atomic E-state index is 11.7. The number of benzene rings is 3. The molecule has 51 heavy (non-hydrogen) atoms. The highest BCUT2D eigenvalue weighted by atomic mass is 16.6. The molecule has 7 heteroatoms. The normalized spacial score (nSPS) is 20.2. The number of carbonyl (C=O) groups is 2. The third-order valence-corrected chi connectivity index (χ3v) is 10.8. The lowest BCUT2D eigenvalue weighted by Crippen LogP contribution is -2.25. The number of aliphatic hydroxyl groups is 1. The third kappa shape index (κ3) is 10.6. The molecule has 2 fully saturated rings. The van der Waals surface area contributed by atoms with E-state index < -0.39 is 18.5 Å². The minimum Gasteiger partial charge on any atom is -0.490 e. The van der Waals surface area contributed by atoms with Crippen molar-refractivity contribution in [3.05, 3.63) is 96.6 Å². The molecule has 3 aromatic rings. The molecule has 0 heterocycles. The van der Waals surface area contributed by atoms with E-state index in [1.54, 1.807) is 6.92 Å². The molecular weight excluding hydrogens is 640 g/mol. The molecule has 0 atom stereocenters. The predicted molar refractivity (Wildman–Crippen MR) is 202 cm³/mol. The van der Waals surface area contributed by atoms with Crippen LogP contribution >= 0.6 is 0 Å². The maximum absolute atomic E-state index is 11.7. The first-order valence-electron chi connectivity index (χ1n) is 18.6. The van der Waals surface area contributed by atoms with E-state index in [1.165, 1.54) is 74.5 Å². The highest BCUT2D eigenvalue weighted by Gasteiger charge is 2.32. The molecule has 0 spiro atoms. The maximum Gasteiger partial charge on any atom is 0.335 e. The van der Waals surface area contributed by atoms with Crippen LogP contribution in [0, 0.1) is 17.8 Å². The summed E-state index contributed by atoms with van der Waals surface area (Å²) < 4.78 is 21.9. The summed E-state index contributed by atoms with van der Waals surface area (Å²) in [6.07, 6.45) is 12.0. The lowest BCUT2D eigenvalue weighted by Gasteiger charge is -2.38. The molecule has 0 radical (unpaired) electrons. The minimum atomic E-state index is -0.619. The summed E-state index contributed by atoms with van der Waals surface area (Å²) in [4.78, 5) is 23.4. The molecule has 272 valence electrons. The topological polar surface area (TPSA) is 91.3 Å². The molecule has 5 rings (SSSR count). The summed E-state index contributed by atoms with van der Waals surface area (Å²) in [6.45, 7) is 11.4. The summed E-state index contributed by atoms with van der Waals surface area (Å²) in [5.74, 6) is 3.57. The average Bonchev–Trinajstić information content (AvgIpc) is 3.18. The second kappa shape index (κ2) is 18.8. The molecule has 0 aromatic heterocycles. The van der Waals surface area contributed by atoms with Gasteiger partial charge in [0.15, 0.2) is 0 Å². The summed E-state index contributed by atoms with van der Waals surface area (Å²) in [6, 6.07) is 23.1. The Morgan fingerprint density at radius 3 is 1.71 bits per heavy atom. The standard InChI is InChI=1S/C44H54O7/c1-5-32-6-8-33(9-7-32)34-10-12-37(13-11-34)42-28-38(35-14-19-39(20-15-35)49-25-27-51-44(47)31(4)29-45)18-23-41(42)36-16-21-40(22-17-36)48-24-26-50-43(46)30(2)3/h14-23,28,32-34,37,45H,2,4-13,24-27,29H2,1,3H3. The molecule has 2 saturated carbocycles. The molecule has 1 N–H and O–H groups in total. The van der Waals surface area contributed by atoms with E-state index in [-0.39, 0.29) is 32.0 Å². The molecule has 0 saturated heterocycles. The monoisotopic (exact) mass is 694 g/mol. The van der Waals surface area contributed by atoms with Crippen molar-refractivity contribution in [2.24, 2.45) is 17.8 Å². The summed E-state index contributed by atoms with van der Waals surface area (Å²) in [7, 11) is 0. The van der Waals surface area contributed by atoms with Crippen LogP contribution in [0.1, 0.15) is 83.1 Å². The van der Waals surface area contributed by atoms with Crippen molar-refractivity contribution < 1.29 is 33.6 Å². The van der Waals surface area contributed by atoms with Crippen molar-refractivity contribution in [1.82, 2.24) is 0 Å². The summed E-state index contributed by atoms with van der Waals surface area (Å²) in [5.41, 5.74) is 6.48. The zero-order valence-electron chi connectivity index (χ0n) is 30.4. The van der Waals surface area contributed by atoms with Gasteiger partial charge in [0.05, 0.1) is 12.2 Å². The first-order valence-corrected chi connectivity index (χ1v) is 18.6. The van der Waals surface area contributed by atoms with Crippen LogP contribution in [-0.2, 0) is 19.1 Å². The van der Waals surface area contributed by atoms with E-state index in [4.69, 9.17) is 24.1 Å². The van der Waals surface area contributed by atoms with Crippen LogP contribution < -0.4 is 9.47 Å².